The first-order chi connectivity index (χ1) is 9.29. The number of nitrogens with zero attached hydrogens (tertiary/aromatic N) is 1. The number of carbonyl (C=O) groups is 1. The Labute approximate surface area is 119 Å². The van der Waals surface area contributed by atoms with Crippen LogP contribution in [0.5, 0.6) is 0 Å². The summed E-state index contributed by atoms with van der Waals surface area (Å²) in [4.78, 5) is 16.1. The van der Waals surface area contributed by atoms with Crippen LogP contribution in [0.3, 0.4) is 0 Å². The van der Waals surface area contributed by atoms with Crippen LogP contribution in [0.1, 0.15) is 18.9 Å². The summed E-state index contributed by atoms with van der Waals surface area (Å²) in [5.41, 5.74) is 16.9. The van der Waals surface area contributed by atoms with Crippen LogP contribution >= 0.6 is 11.8 Å². The Morgan fingerprint density at radius 1 is 1.50 bits per heavy atom. The maximum Gasteiger partial charge on any atom is 0.234 e. The highest BCUT2D eigenvalue weighted by molar-refractivity contribution is 8.15. The average molecular weight is 294 g/mol. The van der Waals surface area contributed by atoms with Crippen molar-refractivity contribution in [2.75, 3.05) is 5.73 Å². The summed E-state index contributed by atoms with van der Waals surface area (Å²) >= 11 is 1.18. The summed E-state index contributed by atoms with van der Waals surface area (Å²) in [6.07, 6.45) is 0.544. The quantitative estimate of drug-likeness (QED) is 0.705. The third-order valence-electron chi connectivity index (χ3n) is 4.17. The van der Waals surface area contributed by atoms with Gasteiger partial charge >= 0.3 is 0 Å². The second-order valence-corrected chi connectivity index (χ2v) is 6.80. The summed E-state index contributed by atoms with van der Waals surface area (Å²) in [6.45, 7) is 1.77. The van der Waals surface area contributed by atoms with Crippen molar-refractivity contribution in [3.05, 3.63) is 29.6 Å². The molecule has 5 nitrogen and oxygen atoms in total. The van der Waals surface area contributed by atoms with Gasteiger partial charge in [-0.2, -0.15) is 0 Å². The van der Waals surface area contributed by atoms with E-state index in [2.05, 4.69) is 4.99 Å². The van der Waals surface area contributed by atoms with Crippen molar-refractivity contribution in [1.29, 1.82) is 0 Å². The molecule has 3 rings (SSSR count). The van der Waals surface area contributed by atoms with Gasteiger partial charge < -0.3 is 17.2 Å². The van der Waals surface area contributed by atoms with Crippen molar-refractivity contribution in [1.82, 2.24) is 0 Å². The van der Waals surface area contributed by atoms with Gasteiger partial charge in [-0.05, 0) is 31.5 Å². The normalized spacial score (nSPS) is 35.1. The highest BCUT2D eigenvalue weighted by atomic mass is 32.2. The van der Waals surface area contributed by atoms with Crippen LogP contribution in [0, 0.1) is 11.7 Å². The van der Waals surface area contributed by atoms with Gasteiger partial charge in [-0.15, -0.1) is 0 Å². The number of nitrogens with two attached hydrogens (primary N) is 3. The Bertz CT molecular complexity index is 649. The van der Waals surface area contributed by atoms with Gasteiger partial charge in [0, 0.05) is 17.2 Å². The molecule has 1 fully saturated rings. The van der Waals surface area contributed by atoms with Crippen molar-refractivity contribution in [2.24, 2.45) is 22.4 Å². The van der Waals surface area contributed by atoms with Crippen LogP contribution in [0.2, 0.25) is 0 Å². The van der Waals surface area contributed by atoms with Crippen LogP contribution in [-0.4, -0.2) is 15.8 Å². The number of benzene rings is 1. The first-order valence-electron chi connectivity index (χ1n) is 6.19. The maximum atomic E-state index is 14.2. The van der Waals surface area contributed by atoms with E-state index in [9.17, 15) is 9.18 Å². The first-order valence-corrected chi connectivity index (χ1v) is 7.01. The minimum atomic E-state index is -0.913. The molecule has 1 heterocycles. The molecule has 1 amide bonds. The molecule has 106 valence electrons. The first kappa shape index (κ1) is 13.2. The molecule has 0 saturated heterocycles. The van der Waals surface area contributed by atoms with Gasteiger partial charge in [-0.25, -0.2) is 4.39 Å². The van der Waals surface area contributed by atoms with Gasteiger partial charge in [-0.1, -0.05) is 11.8 Å². The highest BCUT2D eigenvalue weighted by Crippen LogP contribution is 2.65. The third kappa shape index (κ3) is 1.62. The molecule has 2 aliphatic rings. The molecule has 3 atom stereocenters. The van der Waals surface area contributed by atoms with Gasteiger partial charge in [0.15, 0.2) is 5.17 Å². The highest BCUT2D eigenvalue weighted by Gasteiger charge is 2.70. The van der Waals surface area contributed by atoms with E-state index >= 15 is 0 Å². The number of amides is 1. The minimum Gasteiger partial charge on any atom is -0.399 e. The largest absolute Gasteiger partial charge is 0.399 e. The van der Waals surface area contributed by atoms with Gasteiger partial charge in [0.2, 0.25) is 5.91 Å². The van der Waals surface area contributed by atoms with E-state index in [1.165, 1.54) is 23.9 Å². The summed E-state index contributed by atoms with van der Waals surface area (Å²) in [5, 5.41) is 0.252. The number of halogens is 1. The Balaban J connectivity index is 2.14. The molecule has 6 N–H and O–H groups in total. The van der Waals surface area contributed by atoms with E-state index in [0.29, 0.717) is 17.7 Å². The number of amidine groups is 1. The van der Waals surface area contributed by atoms with E-state index in [1.54, 1.807) is 13.0 Å². The smallest absolute Gasteiger partial charge is 0.234 e. The summed E-state index contributed by atoms with van der Waals surface area (Å²) in [7, 11) is 0. The second kappa shape index (κ2) is 3.88. The molecule has 1 aliphatic carbocycles. The SMILES string of the molecule is C[C@]1(c2cc(N)ccc2F)N=C(N)S[C@@]2(C(N)=O)CC21. The number of nitrogen functional groups attached to an aromatic ring is 1. The number of hydrogen-bond acceptors (Lipinski definition) is 5. The number of carbonyl (C=O) groups excluding carboxylic acids is 1. The lowest BCUT2D eigenvalue weighted by Crippen LogP contribution is -2.42. The molecule has 1 aromatic rings. The topological polar surface area (TPSA) is 107 Å². The molecule has 20 heavy (non-hydrogen) atoms. The lowest BCUT2D eigenvalue weighted by Gasteiger charge is -2.33. The van der Waals surface area contributed by atoms with Crippen LogP contribution < -0.4 is 17.2 Å². The maximum absolute atomic E-state index is 14.2. The van der Waals surface area contributed by atoms with Crippen molar-refractivity contribution < 1.29 is 9.18 Å². The fourth-order valence-corrected chi connectivity index (χ4v) is 4.36. The number of rotatable bonds is 2. The number of primary amides is 1. The van der Waals surface area contributed by atoms with E-state index in [1.807, 2.05) is 0 Å². The van der Waals surface area contributed by atoms with Crippen molar-refractivity contribution in [3.8, 4) is 0 Å². The zero-order chi connectivity index (χ0) is 14.7. The monoisotopic (exact) mass is 294 g/mol. The zero-order valence-electron chi connectivity index (χ0n) is 10.9. The Hall–Kier alpha value is -1.76. The molecule has 1 saturated carbocycles. The molecule has 0 bridgehead atoms. The van der Waals surface area contributed by atoms with Gasteiger partial charge in [0.05, 0.1) is 5.54 Å². The second-order valence-electron chi connectivity index (χ2n) is 5.45. The molecule has 1 aliphatic heterocycles. The predicted octanol–water partition coefficient (Wildman–Crippen LogP) is 0.929. The number of fused-ring (bicyclic) bond motifs is 1. The van der Waals surface area contributed by atoms with Crippen LogP contribution in [-0.2, 0) is 10.3 Å². The molecule has 0 spiro atoms. The van der Waals surface area contributed by atoms with Crippen molar-refractivity contribution in [2.45, 2.75) is 23.6 Å². The Kier molecular flexibility index (Phi) is 2.57. The molecule has 0 aromatic heterocycles. The van der Waals surface area contributed by atoms with Crippen LogP contribution in [0.15, 0.2) is 23.2 Å². The lowest BCUT2D eigenvalue weighted by molar-refractivity contribution is -0.118. The summed E-state index contributed by atoms with van der Waals surface area (Å²) in [5.74, 6) is -1.00. The van der Waals surface area contributed by atoms with Gasteiger partial charge in [0.25, 0.3) is 0 Å². The summed E-state index contributed by atoms with van der Waals surface area (Å²) in [6, 6.07) is 4.34. The van der Waals surface area contributed by atoms with E-state index < -0.39 is 22.0 Å². The third-order valence-corrected chi connectivity index (χ3v) is 5.49. The Morgan fingerprint density at radius 3 is 2.85 bits per heavy atom. The summed E-state index contributed by atoms with van der Waals surface area (Å²) < 4.78 is 13.4. The van der Waals surface area contributed by atoms with Gasteiger partial charge in [0.1, 0.15) is 10.6 Å². The molecule has 1 aromatic carbocycles. The van der Waals surface area contributed by atoms with E-state index in [0.717, 1.165) is 0 Å². The number of anilines is 1. The molecular formula is C13H15FN4OS. The zero-order valence-corrected chi connectivity index (χ0v) is 11.7. The number of aliphatic imine (C=N–C) groups is 1. The van der Waals surface area contributed by atoms with E-state index in [4.69, 9.17) is 17.2 Å². The van der Waals surface area contributed by atoms with Gasteiger partial charge in [-0.3, -0.25) is 9.79 Å². The molecule has 1 unspecified atom stereocenters. The predicted molar refractivity (Wildman–Crippen MR) is 77.4 cm³/mol. The van der Waals surface area contributed by atoms with Crippen molar-refractivity contribution >= 4 is 28.5 Å². The van der Waals surface area contributed by atoms with Crippen molar-refractivity contribution in [3.63, 3.8) is 0 Å². The standard InChI is InChI=1S/C13H15FN4OS/c1-12(7-4-6(15)2-3-8(7)14)9-5-13(9,10(16)19)20-11(17)18-12/h2-4,9H,5,15H2,1H3,(H2,16,19)(H2,17,18)/t9?,12-,13+/m1/s1. The number of hydrogen-bond donors (Lipinski definition) is 3. The average Bonchev–Trinajstić information content (AvgIpc) is 3.09. The fraction of sp³-hybridized carbons (Fsp3) is 0.385. The molecule has 0 radical (unpaired) electrons. The number of thioether (sulfide) groups is 1. The Morgan fingerprint density at radius 2 is 2.20 bits per heavy atom. The fourth-order valence-electron chi connectivity index (χ4n) is 3.03. The van der Waals surface area contributed by atoms with Crippen LogP contribution in [0.4, 0.5) is 10.1 Å². The molecule has 7 heteroatoms. The van der Waals surface area contributed by atoms with E-state index in [-0.39, 0.29) is 11.1 Å². The lowest BCUT2D eigenvalue weighted by atomic mass is 9.85. The molecular weight excluding hydrogens is 279 g/mol. The minimum absolute atomic E-state index is 0.166. The van der Waals surface area contributed by atoms with Crippen LogP contribution in [0.25, 0.3) is 0 Å².